The van der Waals surface area contributed by atoms with Crippen molar-refractivity contribution in [1.82, 2.24) is 0 Å². The molecule has 2 saturated carbocycles. The number of hydrogen-bond donors (Lipinski definition) is 0. The van der Waals surface area contributed by atoms with Crippen LogP contribution >= 0.6 is 0 Å². The highest BCUT2D eigenvalue weighted by Gasteiger charge is 2.61. The zero-order chi connectivity index (χ0) is 12.3. The van der Waals surface area contributed by atoms with Gasteiger partial charge in [-0.2, -0.15) is 0 Å². The van der Waals surface area contributed by atoms with E-state index in [4.69, 9.17) is 0 Å². The van der Waals surface area contributed by atoms with E-state index < -0.39 is 0 Å². The minimum Gasteiger partial charge on any atom is -0.274 e. The van der Waals surface area contributed by atoms with Crippen LogP contribution in [0.1, 0.15) is 19.3 Å². The van der Waals surface area contributed by atoms with Crippen molar-refractivity contribution in [3.63, 3.8) is 0 Å². The smallest absolute Gasteiger partial charge is 0.237 e. The third-order valence-corrected chi connectivity index (χ3v) is 4.94. The summed E-state index contributed by atoms with van der Waals surface area (Å²) in [4.78, 5) is 26.4. The van der Waals surface area contributed by atoms with Gasteiger partial charge in [-0.1, -0.05) is 18.2 Å². The van der Waals surface area contributed by atoms with Crippen LogP contribution in [0.4, 0.5) is 5.69 Å². The molecule has 0 N–H and O–H groups in total. The molecule has 0 radical (unpaired) electrons. The number of rotatable bonds is 1. The van der Waals surface area contributed by atoms with Gasteiger partial charge in [-0.3, -0.25) is 14.5 Å². The molecule has 18 heavy (non-hydrogen) atoms. The second-order valence-electron chi connectivity index (χ2n) is 5.73. The van der Waals surface area contributed by atoms with Crippen molar-refractivity contribution in [1.29, 1.82) is 0 Å². The Morgan fingerprint density at radius 3 is 2.00 bits per heavy atom. The fourth-order valence-electron chi connectivity index (χ4n) is 4.24. The van der Waals surface area contributed by atoms with E-state index in [1.54, 1.807) is 0 Å². The Morgan fingerprint density at radius 1 is 0.889 bits per heavy atom. The van der Waals surface area contributed by atoms with Crippen LogP contribution in [0.2, 0.25) is 0 Å². The summed E-state index contributed by atoms with van der Waals surface area (Å²) in [7, 11) is 0. The molecular formula is C15H15NO2. The molecule has 0 spiro atoms. The first-order valence-corrected chi connectivity index (χ1v) is 6.70. The van der Waals surface area contributed by atoms with Gasteiger partial charge in [0.2, 0.25) is 11.8 Å². The number of carbonyl (C=O) groups excluding carboxylic acids is 2. The molecule has 1 aromatic carbocycles. The predicted molar refractivity (Wildman–Crippen MR) is 66.7 cm³/mol. The Morgan fingerprint density at radius 2 is 1.44 bits per heavy atom. The summed E-state index contributed by atoms with van der Waals surface area (Å²) in [5.74, 6) is 0.982. The summed E-state index contributed by atoms with van der Waals surface area (Å²) < 4.78 is 0. The monoisotopic (exact) mass is 241 g/mol. The van der Waals surface area contributed by atoms with Crippen LogP contribution in [-0.4, -0.2) is 11.8 Å². The quantitative estimate of drug-likeness (QED) is 0.707. The van der Waals surface area contributed by atoms with E-state index in [1.165, 1.54) is 4.90 Å². The summed E-state index contributed by atoms with van der Waals surface area (Å²) in [5, 5.41) is 0. The number of carbonyl (C=O) groups is 2. The van der Waals surface area contributed by atoms with Gasteiger partial charge in [-0.15, -0.1) is 0 Å². The van der Waals surface area contributed by atoms with E-state index in [1.807, 2.05) is 30.3 Å². The lowest BCUT2D eigenvalue weighted by atomic mass is 9.81. The maximum Gasteiger partial charge on any atom is 0.237 e. The summed E-state index contributed by atoms with van der Waals surface area (Å²) >= 11 is 0. The van der Waals surface area contributed by atoms with Crippen molar-refractivity contribution in [3.05, 3.63) is 30.3 Å². The molecule has 4 rings (SSSR count). The van der Waals surface area contributed by atoms with Crippen molar-refractivity contribution in [3.8, 4) is 0 Å². The summed E-state index contributed by atoms with van der Waals surface area (Å²) in [6, 6.07) is 9.34. The molecule has 1 saturated heterocycles. The number of benzene rings is 1. The lowest BCUT2D eigenvalue weighted by Crippen LogP contribution is -2.32. The fourth-order valence-corrected chi connectivity index (χ4v) is 4.24. The molecule has 1 aliphatic heterocycles. The minimum absolute atomic E-state index is 0.0172. The number of nitrogens with zero attached hydrogens (tertiary/aromatic N) is 1. The highest BCUT2D eigenvalue weighted by atomic mass is 16.2. The molecule has 92 valence electrons. The number of para-hydroxylation sites is 1. The molecule has 2 aliphatic carbocycles. The Hall–Kier alpha value is -1.64. The van der Waals surface area contributed by atoms with Crippen molar-refractivity contribution in [2.45, 2.75) is 19.3 Å². The first-order valence-electron chi connectivity index (χ1n) is 6.70. The van der Waals surface area contributed by atoms with Crippen molar-refractivity contribution >= 4 is 17.5 Å². The maximum atomic E-state index is 12.5. The van der Waals surface area contributed by atoms with Crippen molar-refractivity contribution in [2.75, 3.05) is 4.90 Å². The van der Waals surface area contributed by atoms with E-state index in [0.29, 0.717) is 11.8 Å². The SMILES string of the molecule is O=C1[C@H]2[C@@H]3CC[C@@H](C3)[C@@H]2C(=O)N1c1ccccc1. The van der Waals surface area contributed by atoms with E-state index in [-0.39, 0.29) is 23.7 Å². The Labute approximate surface area is 106 Å². The van der Waals surface area contributed by atoms with Gasteiger partial charge in [0.05, 0.1) is 17.5 Å². The van der Waals surface area contributed by atoms with Gasteiger partial charge >= 0.3 is 0 Å². The lowest BCUT2D eigenvalue weighted by molar-refractivity contribution is -0.123. The highest BCUT2D eigenvalue weighted by molar-refractivity contribution is 6.22. The molecule has 2 amide bonds. The molecule has 3 aliphatic rings. The zero-order valence-electron chi connectivity index (χ0n) is 10.1. The minimum atomic E-state index is -0.0172. The summed E-state index contributed by atoms with van der Waals surface area (Å²) in [6.45, 7) is 0. The van der Waals surface area contributed by atoms with Crippen molar-refractivity contribution in [2.24, 2.45) is 23.7 Å². The van der Waals surface area contributed by atoms with Gasteiger partial charge in [-0.05, 0) is 43.2 Å². The molecule has 4 atom stereocenters. The molecule has 1 aromatic rings. The fraction of sp³-hybridized carbons (Fsp3) is 0.467. The first kappa shape index (κ1) is 10.3. The Balaban J connectivity index is 1.76. The zero-order valence-corrected chi connectivity index (χ0v) is 10.1. The lowest BCUT2D eigenvalue weighted by Gasteiger charge is -2.19. The molecule has 3 heteroatoms. The third-order valence-electron chi connectivity index (χ3n) is 4.94. The molecule has 0 aromatic heterocycles. The van der Waals surface area contributed by atoms with Crippen LogP contribution in [0.3, 0.4) is 0 Å². The highest BCUT2D eigenvalue weighted by Crippen LogP contribution is 2.56. The van der Waals surface area contributed by atoms with Crippen LogP contribution in [0.15, 0.2) is 30.3 Å². The van der Waals surface area contributed by atoms with E-state index in [0.717, 1.165) is 24.9 Å². The number of hydrogen-bond acceptors (Lipinski definition) is 2. The van der Waals surface area contributed by atoms with Crippen LogP contribution in [0.25, 0.3) is 0 Å². The van der Waals surface area contributed by atoms with Gasteiger partial charge in [0, 0.05) is 0 Å². The second-order valence-corrected chi connectivity index (χ2v) is 5.73. The number of amides is 2. The first-order chi connectivity index (χ1) is 8.77. The normalized spacial score (nSPS) is 37.4. The second kappa shape index (κ2) is 3.44. The van der Waals surface area contributed by atoms with Crippen molar-refractivity contribution < 1.29 is 9.59 Å². The molecule has 1 heterocycles. The van der Waals surface area contributed by atoms with Gasteiger partial charge < -0.3 is 0 Å². The van der Waals surface area contributed by atoms with Crippen LogP contribution < -0.4 is 4.90 Å². The number of fused-ring (bicyclic) bond motifs is 5. The predicted octanol–water partition coefficient (Wildman–Crippen LogP) is 2.22. The standard InChI is InChI=1S/C15H15NO2/c17-14-12-9-6-7-10(8-9)13(12)15(18)16(14)11-4-2-1-3-5-11/h1-5,9-10,12-13H,6-8H2/t9-,10+,12-,13-/m0/s1. The third kappa shape index (κ3) is 1.14. The number of anilines is 1. The summed E-state index contributed by atoms with van der Waals surface area (Å²) in [5.41, 5.74) is 0.737. The summed E-state index contributed by atoms with van der Waals surface area (Å²) in [6.07, 6.45) is 3.36. The molecule has 3 nitrogen and oxygen atoms in total. The molecule has 0 unspecified atom stereocenters. The van der Waals surface area contributed by atoms with E-state index in [9.17, 15) is 9.59 Å². The van der Waals surface area contributed by atoms with E-state index >= 15 is 0 Å². The Bertz CT molecular complexity index is 497. The van der Waals surface area contributed by atoms with E-state index in [2.05, 4.69) is 0 Å². The maximum absolute atomic E-state index is 12.5. The molecule has 3 fully saturated rings. The topological polar surface area (TPSA) is 37.4 Å². The largest absolute Gasteiger partial charge is 0.274 e. The van der Waals surface area contributed by atoms with Crippen LogP contribution in [0, 0.1) is 23.7 Å². The molecular weight excluding hydrogens is 226 g/mol. The molecule has 2 bridgehead atoms. The average molecular weight is 241 g/mol. The van der Waals surface area contributed by atoms with Gasteiger partial charge in [0.25, 0.3) is 0 Å². The average Bonchev–Trinajstić information content (AvgIpc) is 3.05. The van der Waals surface area contributed by atoms with Crippen LogP contribution in [-0.2, 0) is 9.59 Å². The Kier molecular flexibility index (Phi) is 1.97. The van der Waals surface area contributed by atoms with Gasteiger partial charge in [0.1, 0.15) is 0 Å². The number of imide groups is 1. The van der Waals surface area contributed by atoms with Gasteiger partial charge in [0.15, 0.2) is 0 Å². The van der Waals surface area contributed by atoms with Gasteiger partial charge in [-0.25, -0.2) is 0 Å². The van der Waals surface area contributed by atoms with Crippen LogP contribution in [0.5, 0.6) is 0 Å².